The summed E-state index contributed by atoms with van der Waals surface area (Å²) in [4.78, 5) is 0. The number of hydrogen-bond acceptors (Lipinski definition) is 4. The third kappa shape index (κ3) is 4.55. The maximum atomic E-state index is 5.84. The lowest BCUT2D eigenvalue weighted by atomic mass is 10.1. The van der Waals surface area contributed by atoms with Gasteiger partial charge in [0.2, 0.25) is 0 Å². The summed E-state index contributed by atoms with van der Waals surface area (Å²) in [7, 11) is 3.34. The van der Waals surface area contributed by atoms with Gasteiger partial charge in [-0.05, 0) is 37.6 Å². The lowest BCUT2D eigenvalue weighted by molar-refractivity contribution is 0.132. The van der Waals surface area contributed by atoms with Gasteiger partial charge in [-0.25, -0.2) is 0 Å². The summed E-state index contributed by atoms with van der Waals surface area (Å²) in [6, 6.07) is 5.94. The van der Waals surface area contributed by atoms with Gasteiger partial charge in [0.05, 0.1) is 13.2 Å². The quantitative estimate of drug-likeness (QED) is 0.770. The summed E-state index contributed by atoms with van der Waals surface area (Å²) < 4.78 is 16.2. The largest absolute Gasteiger partial charge is 0.493 e. The van der Waals surface area contributed by atoms with Crippen LogP contribution in [0.4, 0.5) is 0 Å². The van der Waals surface area contributed by atoms with Crippen molar-refractivity contribution in [2.45, 2.75) is 25.9 Å². The van der Waals surface area contributed by atoms with Crippen LogP contribution >= 0.6 is 0 Å². The van der Waals surface area contributed by atoms with Gasteiger partial charge in [0.25, 0.3) is 0 Å². The molecule has 102 valence electrons. The monoisotopic (exact) mass is 253 g/mol. The van der Waals surface area contributed by atoms with Crippen LogP contribution in [0.25, 0.3) is 0 Å². The van der Waals surface area contributed by atoms with Crippen LogP contribution < -0.4 is 15.2 Å². The summed E-state index contributed by atoms with van der Waals surface area (Å²) >= 11 is 0. The van der Waals surface area contributed by atoms with E-state index in [2.05, 4.69) is 0 Å². The number of benzene rings is 1. The Morgan fingerprint density at radius 2 is 2.00 bits per heavy atom. The Morgan fingerprint density at radius 3 is 2.61 bits per heavy atom. The highest BCUT2D eigenvalue weighted by molar-refractivity contribution is 5.43. The molecule has 0 heterocycles. The van der Waals surface area contributed by atoms with E-state index < -0.39 is 0 Å². The minimum Gasteiger partial charge on any atom is -0.493 e. The standard InChI is InChI=1S/C14H23NO3/c1-11(7-9-16-2)18-13-5-4-12(6-8-15)10-14(13)17-3/h4-5,10-11H,6-9,15H2,1-3H3. The van der Waals surface area contributed by atoms with E-state index in [-0.39, 0.29) is 6.10 Å². The molecule has 1 rings (SSSR count). The molecule has 0 bridgehead atoms. The smallest absolute Gasteiger partial charge is 0.161 e. The van der Waals surface area contributed by atoms with Gasteiger partial charge in [-0.2, -0.15) is 0 Å². The Hall–Kier alpha value is -1.26. The first-order valence-electron chi connectivity index (χ1n) is 6.23. The van der Waals surface area contributed by atoms with Crippen LogP contribution in [0, 0.1) is 0 Å². The van der Waals surface area contributed by atoms with Gasteiger partial charge >= 0.3 is 0 Å². The van der Waals surface area contributed by atoms with Gasteiger partial charge in [0, 0.05) is 20.1 Å². The predicted molar refractivity (Wildman–Crippen MR) is 72.3 cm³/mol. The zero-order chi connectivity index (χ0) is 13.4. The van der Waals surface area contributed by atoms with Gasteiger partial charge in [0.15, 0.2) is 11.5 Å². The molecule has 0 aliphatic carbocycles. The van der Waals surface area contributed by atoms with Crippen LogP contribution in [0.5, 0.6) is 11.5 Å². The van der Waals surface area contributed by atoms with E-state index >= 15 is 0 Å². The lowest BCUT2D eigenvalue weighted by Crippen LogP contribution is -2.14. The zero-order valence-corrected chi connectivity index (χ0v) is 11.4. The number of rotatable bonds is 8. The van der Waals surface area contributed by atoms with Crippen molar-refractivity contribution >= 4 is 0 Å². The fourth-order valence-corrected chi connectivity index (χ4v) is 1.69. The fourth-order valence-electron chi connectivity index (χ4n) is 1.69. The minimum atomic E-state index is 0.0965. The normalized spacial score (nSPS) is 12.2. The number of ether oxygens (including phenoxy) is 3. The van der Waals surface area contributed by atoms with E-state index in [9.17, 15) is 0 Å². The molecule has 2 N–H and O–H groups in total. The van der Waals surface area contributed by atoms with E-state index in [4.69, 9.17) is 19.9 Å². The molecule has 0 amide bonds. The van der Waals surface area contributed by atoms with Crippen molar-refractivity contribution in [2.24, 2.45) is 5.73 Å². The Kier molecular flexibility index (Phi) is 6.54. The molecule has 1 aromatic rings. The van der Waals surface area contributed by atoms with E-state index in [1.165, 1.54) is 0 Å². The Balaban J connectivity index is 2.69. The molecule has 0 radical (unpaired) electrons. The summed E-state index contributed by atoms with van der Waals surface area (Å²) in [6.45, 7) is 3.34. The maximum absolute atomic E-state index is 5.84. The Bertz CT molecular complexity index is 355. The number of hydrogen-bond donors (Lipinski definition) is 1. The molecule has 0 aliphatic heterocycles. The van der Waals surface area contributed by atoms with Crippen molar-refractivity contribution in [1.29, 1.82) is 0 Å². The van der Waals surface area contributed by atoms with Crippen molar-refractivity contribution in [3.63, 3.8) is 0 Å². The van der Waals surface area contributed by atoms with Gasteiger partial charge in [-0.15, -0.1) is 0 Å². The van der Waals surface area contributed by atoms with Crippen LogP contribution in [-0.2, 0) is 11.2 Å². The van der Waals surface area contributed by atoms with E-state index in [0.717, 1.165) is 29.9 Å². The first kappa shape index (κ1) is 14.8. The summed E-state index contributed by atoms with van der Waals surface area (Å²) in [6.07, 6.45) is 1.79. The molecular formula is C14H23NO3. The van der Waals surface area contributed by atoms with Gasteiger partial charge in [-0.1, -0.05) is 6.07 Å². The summed E-state index contributed by atoms with van der Waals surface area (Å²) in [5.74, 6) is 1.52. The van der Waals surface area contributed by atoms with Gasteiger partial charge < -0.3 is 19.9 Å². The van der Waals surface area contributed by atoms with Crippen LogP contribution in [0.15, 0.2) is 18.2 Å². The second-order valence-corrected chi connectivity index (χ2v) is 4.23. The van der Waals surface area contributed by atoms with Crippen LogP contribution in [-0.4, -0.2) is 33.5 Å². The lowest BCUT2D eigenvalue weighted by Gasteiger charge is -2.17. The molecular weight excluding hydrogens is 230 g/mol. The first-order valence-corrected chi connectivity index (χ1v) is 6.23. The molecule has 0 fully saturated rings. The molecule has 18 heavy (non-hydrogen) atoms. The molecule has 0 spiro atoms. The Morgan fingerprint density at radius 1 is 1.22 bits per heavy atom. The molecule has 4 heteroatoms. The predicted octanol–water partition coefficient (Wildman–Crippen LogP) is 2.00. The highest BCUT2D eigenvalue weighted by Gasteiger charge is 2.09. The molecule has 0 aliphatic rings. The van der Waals surface area contributed by atoms with Crippen molar-refractivity contribution < 1.29 is 14.2 Å². The molecule has 1 aromatic carbocycles. The highest BCUT2D eigenvalue weighted by Crippen LogP contribution is 2.29. The molecule has 0 saturated carbocycles. The molecule has 0 saturated heterocycles. The third-order valence-corrected chi connectivity index (χ3v) is 2.72. The maximum Gasteiger partial charge on any atom is 0.161 e. The van der Waals surface area contributed by atoms with Crippen molar-refractivity contribution in [2.75, 3.05) is 27.4 Å². The second-order valence-electron chi connectivity index (χ2n) is 4.23. The molecule has 1 unspecified atom stereocenters. The Labute approximate surface area is 109 Å². The number of nitrogens with two attached hydrogens (primary N) is 1. The average Bonchev–Trinajstić information content (AvgIpc) is 2.38. The SMILES string of the molecule is COCCC(C)Oc1ccc(CCN)cc1OC. The van der Waals surface area contributed by atoms with E-state index in [1.807, 2.05) is 25.1 Å². The van der Waals surface area contributed by atoms with Gasteiger partial charge in [-0.3, -0.25) is 0 Å². The number of methoxy groups -OCH3 is 2. The van der Waals surface area contributed by atoms with Crippen LogP contribution in [0.1, 0.15) is 18.9 Å². The van der Waals surface area contributed by atoms with Crippen molar-refractivity contribution in [1.82, 2.24) is 0 Å². The summed E-state index contributed by atoms with van der Waals surface area (Å²) in [5, 5.41) is 0. The molecule has 0 aromatic heterocycles. The summed E-state index contributed by atoms with van der Waals surface area (Å²) in [5.41, 5.74) is 6.70. The van der Waals surface area contributed by atoms with Crippen LogP contribution in [0.3, 0.4) is 0 Å². The topological polar surface area (TPSA) is 53.7 Å². The minimum absolute atomic E-state index is 0.0965. The van der Waals surface area contributed by atoms with Gasteiger partial charge in [0.1, 0.15) is 0 Å². The van der Waals surface area contributed by atoms with Crippen molar-refractivity contribution in [3.05, 3.63) is 23.8 Å². The molecule has 4 nitrogen and oxygen atoms in total. The third-order valence-electron chi connectivity index (χ3n) is 2.72. The first-order chi connectivity index (χ1) is 8.71. The van der Waals surface area contributed by atoms with Crippen LogP contribution in [0.2, 0.25) is 0 Å². The highest BCUT2D eigenvalue weighted by atomic mass is 16.5. The molecule has 1 atom stereocenters. The fraction of sp³-hybridized carbons (Fsp3) is 0.571. The van der Waals surface area contributed by atoms with E-state index in [1.54, 1.807) is 14.2 Å². The zero-order valence-electron chi connectivity index (χ0n) is 11.4. The second kappa shape index (κ2) is 7.95. The average molecular weight is 253 g/mol. The van der Waals surface area contributed by atoms with E-state index in [0.29, 0.717) is 13.2 Å². The van der Waals surface area contributed by atoms with Crippen molar-refractivity contribution in [3.8, 4) is 11.5 Å².